The SMILES string of the molecule is O=C1CC(N2CCN(c3ccccc3Cl)CC2)C(=O)N1c1ccc(Cl)cc1. The lowest BCUT2D eigenvalue weighted by atomic mass is 10.1. The molecular weight excluding hydrogens is 385 g/mol. The van der Waals surface area contributed by atoms with Crippen molar-refractivity contribution in [3.05, 3.63) is 58.6 Å². The molecule has 2 amide bonds. The van der Waals surface area contributed by atoms with E-state index in [0.29, 0.717) is 23.8 Å². The van der Waals surface area contributed by atoms with E-state index in [1.165, 1.54) is 4.90 Å². The summed E-state index contributed by atoms with van der Waals surface area (Å²) in [6.07, 6.45) is 0.216. The van der Waals surface area contributed by atoms with Gasteiger partial charge in [-0.15, -0.1) is 0 Å². The summed E-state index contributed by atoms with van der Waals surface area (Å²) in [7, 11) is 0. The maximum atomic E-state index is 12.9. The standard InChI is InChI=1S/C20H19Cl2N3O2/c21-14-5-7-15(8-6-14)25-19(26)13-18(20(25)27)24-11-9-23(10-12-24)17-4-2-1-3-16(17)22/h1-8,18H,9-13H2. The van der Waals surface area contributed by atoms with Crippen molar-refractivity contribution in [2.24, 2.45) is 0 Å². The normalized spacial score (nSPS) is 21.2. The van der Waals surface area contributed by atoms with Crippen LogP contribution in [0.1, 0.15) is 6.42 Å². The van der Waals surface area contributed by atoms with E-state index in [-0.39, 0.29) is 18.2 Å². The molecule has 0 radical (unpaired) electrons. The molecule has 2 aromatic carbocycles. The molecule has 1 unspecified atom stereocenters. The van der Waals surface area contributed by atoms with Crippen molar-refractivity contribution in [1.29, 1.82) is 0 Å². The third kappa shape index (κ3) is 3.55. The summed E-state index contributed by atoms with van der Waals surface area (Å²) in [6, 6.07) is 14.2. The second-order valence-electron chi connectivity index (χ2n) is 6.74. The Balaban J connectivity index is 1.44. The minimum absolute atomic E-state index is 0.159. The van der Waals surface area contributed by atoms with Crippen LogP contribution >= 0.6 is 23.2 Å². The number of anilines is 2. The topological polar surface area (TPSA) is 43.9 Å². The minimum Gasteiger partial charge on any atom is -0.368 e. The van der Waals surface area contributed by atoms with Crippen LogP contribution in [-0.2, 0) is 9.59 Å². The van der Waals surface area contributed by atoms with Crippen LogP contribution in [0.25, 0.3) is 0 Å². The van der Waals surface area contributed by atoms with Crippen molar-refractivity contribution in [3.8, 4) is 0 Å². The average molecular weight is 404 g/mol. The van der Waals surface area contributed by atoms with Gasteiger partial charge in [0.15, 0.2) is 0 Å². The number of hydrogen-bond donors (Lipinski definition) is 0. The largest absolute Gasteiger partial charge is 0.368 e. The van der Waals surface area contributed by atoms with Crippen molar-refractivity contribution < 1.29 is 9.59 Å². The zero-order valence-corrected chi connectivity index (χ0v) is 16.2. The lowest BCUT2D eigenvalue weighted by molar-refractivity contribution is -0.123. The number of para-hydroxylation sites is 1. The van der Waals surface area contributed by atoms with Gasteiger partial charge >= 0.3 is 0 Å². The fraction of sp³-hybridized carbons (Fsp3) is 0.300. The molecule has 7 heteroatoms. The molecule has 0 spiro atoms. The van der Waals surface area contributed by atoms with E-state index in [4.69, 9.17) is 23.2 Å². The number of carbonyl (C=O) groups is 2. The predicted molar refractivity (Wildman–Crippen MR) is 108 cm³/mol. The lowest BCUT2D eigenvalue weighted by Crippen LogP contribution is -2.52. The molecule has 2 saturated heterocycles. The number of piperazine rings is 1. The van der Waals surface area contributed by atoms with E-state index in [9.17, 15) is 9.59 Å². The number of nitrogens with zero attached hydrogens (tertiary/aromatic N) is 3. The summed E-state index contributed by atoms with van der Waals surface area (Å²) in [5.41, 5.74) is 1.59. The highest BCUT2D eigenvalue weighted by molar-refractivity contribution is 6.33. The average Bonchev–Trinajstić information content (AvgIpc) is 2.97. The molecule has 27 heavy (non-hydrogen) atoms. The van der Waals surface area contributed by atoms with Crippen molar-refractivity contribution in [2.45, 2.75) is 12.5 Å². The van der Waals surface area contributed by atoms with Crippen molar-refractivity contribution >= 4 is 46.4 Å². The molecule has 1 atom stereocenters. The maximum absolute atomic E-state index is 12.9. The van der Waals surface area contributed by atoms with Crippen LogP contribution in [0.3, 0.4) is 0 Å². The van der Waals surface area contributed by atoms with Crippen molar-refractivity contribution in [1.82, 2.24) is 4.90 Å². The van der Waals surface area contributed by atoms with Gasteiger partial charge in [0.05, 0.1) is 28.9 Å². The first-order valence-electron chi connectivity index (χ1n) is 8.90. The number of rotatable bonds is 3. The molecule has 0 saturated carbocycles. The van der Waals surface area contributed by atoms with Crippen molar-refractivity contribution in [3.63, 3.8) is 0 Å². The van der Waals surface area contributed by atoms with Gasteiger partial charge in [0.2, 0.25) is 5.91 Å². The second kappa shape index (κ2) is 7.50. The van der Waals surface area contributed by atoms with Gasteiger partial charge in [0, 0.05) is 31.2 Å². The lowest BCUT2D eigenvalue weighted by Gasteiger charge is -2.38. The highest BCUT2D eigenvalue weighted by Crippen LogP contribution is 2.29. The Labute approximate surface area is 168 Å². The molecule has 2 aliphatic heterocycles. The fourth-order valence-corrected chi connectivity index (χ4v) is 4.13. The zero-order valence-electron chi connectivity index (χ0n) is 14.6. The number of halogens is 2. The molecule has 5 nitrogen and oxygen atoms in total. The Morgan fingerprint density at radius 2 is 1.52 bits per heavy atom. The van der Waals surface area contributed by atoms with E-state index in [1.54, 1.807) is 24.3 Å². The summed E-state index contributed by atoms with van der Waals surface area (Å²) < 4.78 is 0. The molecule has 2 heterocycles. The fourth-order valence-electron chi connectivity index (χ4n) is 3.75. The molecule has 4 rings (SSSR count). The number of benzene rings is 2. The van der Waals surface area contributed by atoms with Gasteiger partial charge in [-0.25, -0.2) is 4.90 Å². The van der Waals surface area contributed by atoms with Crippen LogP contribution in [0.4, 0.5) is 11.4 Å². The third-order valence-electron chi connectivity index (χ3n) is 5.16. The first kappa shape index (κ1) is 18.3. The van der Waals surface area contributed by atoms with Crippen LogP contribution < -0.4 is 9.80 Å². The van der Waals surface area contributed by atoms with Gasteiger partial charge in [0.25, 0.3) is 5.91 Å². The molecule has 2 fully saturated rings. The van der Waals surface area contributed by atoms with Gasteiger partial charge in [-0.2, -0.15) is 0 Å². The van der Waals surface area contributed by atoms with E-state index in [2.05, 4.69) is 9.80 Å². The minimum atomic E-state index is -0.401. The smallest absolute Gasteiger partial charge is 0.251 e. The third-order valence-corrected chi connectivity index (χ3v) is 5.73. The Hall–Kier alpha value is -2.08. The summed E-state index contributed by atoms with van der Waals surface area (Å²) >= 11 is 12.2. The molecular formula is C20H19Cl2N3O2. The van der Waals surface area contributed by atoms with Crippen molar-refractivity contribution in [2.75, 3.05) is 36.0 Å². The maximum Gasteiger partial charge on any atom is 0.251 e. The number of amides is 2. The summed E-state index contributed by atoms with van der Waals surface area (Å²) in [5.74, 6) is -0.325. The van der Waals surface area contributed by atoms with Gasteiger partial charge in [-0.05, 0) is 36.4 Å². The number of imide groups is 1. The van der Waals surface area contributed by atoms with Gasteiger partial charge < -0.3 is 4.90 Å². The summed E-state index contributed by atoms with van der Waals surface area (Å²) in [5, 5.41) is 1.30. The summed E-state index contributed by atoms with van der Waals surface area (Å²) in [4.78, 5) is 31.0. The van der Waals surface area contributed by atoms with Crippen LogP contribution in [0.2, 0.25) is 10.0 Å². The monoisotopic (exact) mass is 403 g/mol. The zero-order chi connectivity index (χ0) is 19.0. The molecule has 0 bridgehead atoms. The highest BCUT2D eigenvalue weighted by Gasteiger charge is 2.43. The molecule has 0 aliphatic carbocycles. The van der Waals surface area contributed by atoms with Crippen LogP contribution in [0, 0.1) is 0 Å². The van der Waals surface area contributed by atoms with E-state index in [1.807, 2.05) is 24.3 Å². The Morgan fingerprint density at radius 3 is 2.19 bits per heavy atom. The highest BCUT2D eigenvalue weighted by atomic mass is 35.5. The Bertz CT molecular complexity index is 864. The number of carbonyl (C=O) groups excluding carboxylic acids is 2. The number of hydrogen-bond acceptors (Lipinski definition) is 4. The first-order valence-corrected chi connectivity index (χ1v) is 9.66. The Kier molecular flexibility index (Phi) is 5.08. The van der Waals surface area contributed by atoms with Crippen LogP contribution in [0.5, 0.6) is 0 Å². The van der Waals surface area contributed by atoms with Gasteiger partial charge in [-0.1, -0.05) is 35.3 Å². The van der Waals surface area contributed by atoms with E-state index in [0.717, 1.165) is 23.8 Å². The molecule has 0 N–H and O–H groups in total. The quantitative estimate of drug-likeness (QED) is 0.736. The van der Waals surface area contributed by atoms with Crippen LogP contribution in [-0.4, -0.2) is 48.9 Å². The van der Waals surface area contributed by atoms with Gasteiger partial charge in [0.1, 0.15) is 0 Å². The molecule has 0 aromatic heterocycles. The first-order chi connectivity index (χ1) is 13.0. The van der Waals surface area contributed by atoms with E-state index >= 15 is 0 Å². The molecule has 2 aromatic rings. The van der Waals surface area contributed by atoms with Gasteiger partial charge in [-0.3, -0.25) is 14.5 Å². The summed E-state index contributed by atoms with van der Waals surface area (Å²) in [6.45, 7) is 2.96. The molecule has 2 aliphatic rings. The van der Waals surface area contributed by atoms with E-state index < -0.39 is 6.04 Å². The Morgan fingerprint density at radius 1 is 0.852 bits per heavy atom. The predicted octanol–water partition coefficient (Wildman–Crippen LogP) is 3.45. The second-order valence-corrected chi connectivity index (χ2v) is 7.58. The molecule has 140 valence electrons. The van der Waals surface area contributed by atoms with Crippen LogP contribution in [0.15, 0.2) is 48.5 Å².